The Balaban J connectivity index is 1.76. The lowest BCUT2D eigenvalue weighted by atomic mass is 10.2. The summed E-state index contributed by atoms with van der Waals surface area (Å²) in [6.07, 6.45) is -0.742. The van der Waals surface area contributed by atoms with Gasteiger partial charge < -0.3 is 18.5 Å². The van der Waals surface area contributed by atoms with E-state index in [2.05, 4.69) is 0 Å². The zero-order valence-corrected chi connectivity index (χ0v) is 13.2. The quantitative estimate of drug-likeness (QED) is 0.329. The fraction of sp³-hybridized carbons (Fsp3) is 0.188. The average Bonchev–Trinajstić information content (AvgIpc) is 2.56. The molecule has 1 atom stereocenters. The fourth-order valence-corrected chi connectivity index (χ4v) is 1.96. The molecule has 0 aromatic heterocycles. The molecule has 0 amide bonds. The Morgan fingerprint density at radius 2 is 1.68 bits per heavy atom. The summed E-state index contributed by atoms with van der Waals surface area (Å²) in [6, 6.07) is 16.1. The smallest absolute Gasteiger partial charge is 0.450 e. The Morgan fingerprint density at radius 3 is 2.36 bits per heavy atom. The molecule has 6 heteroatoms. The Kier molecular flexibility index (Phi) is 6.68. The molecule has 0 aliphatic heterocycles. The van der Waals surface area contributed by atoms with Gasteiger partial charge in [-0.05, 0) is 36.8 Å². The van der Waals surface area contributed by atoms with Crippen molar-refractivity contribution in [1.29, 1.82) is 0 Å². The van der Waals surface area contributed by atoms with Crippen molar-refractivity contribution in [2.24, 2.45) is 0 Å². The summed E-state index contributed by atoms with van der Waals surface area (Å²) >= 11 is 0. The first kappa shape index (κ1) is 16.3. The highest BCUT2D eigenvalue weighted by atomic mass is 31.1. The Morgan fingerprint density at radius 1 is 1.00 bits per heavy atom. The predicted molar refractivity (Wildman–Crippen MR) is 84.3 cm³/mol. The minimum atomic E-state index is -0.742. The van der Waals surface area contributed by atoms with Crippen LogP contribution in [0.1, 0.15) is 12.5 Å². The fourth-order valence-electron chi connectivity index (χ4n) is 1.55. The van der Waals surface area contributed by atoms with Crippen LogP contribution in [-0.4, -0.2) is 12.8 Å². The van der Waals surface area contributed by atoms with Gasteiger partial charge in [-0.3, -0.25) is 0 Å². The second-order valence-electron chi connectivity index (χ2n) is 4.22. The topological polar surface area (TPSA) is 54.0 Å². The number of carbonyl (C=O) groups excluding carboxylic acids is 1. The van der Waals surface area contributed by atoms with Gasteiger partial charge in [-0.2, -0.15) is 0 Å². The van der Waals surface area contributed by atoms with Crippen molar-refractivity contribution in [3.63, 3.8) is 0 Å². The first-order valence-corrected chi connectivity index (χ1v) is 7.62. The van der Waals surface area contributed by atoms with Crippen LogP contribution >= 0.6 is 9.03 Å². The second kappa shape index (κ2) is 9.03. The molecule has 5 nitrogen and oxygen atoms in total. The molecule has 2 rings (SSSR count). The number of benzene rings is 2. The van der Waals surface area contributed by atoms with Crippen LogP contribution < -0.4 is 9.26 Å². The number of ether oxygens (including phenoxy) is 2. The molecule has 0 aliphatic rings. The van der Waals surface area contributed by atoms with E-state index in [4.69, 9.17) is 18.5 Å². The highest BCUT2D eigenvalue weighted by Crippen LogP contribution is 2.24. The van der Waals surface area contributed by atoms with Gasteiger partial charge in [0.1, 0.15) is 18.1 Å². The molecule has 0 heterocycles. The van der Waals surface area contributed by atoms with E-state index in [0.29, 0.717) is 18.1 Å². The van der Waals surface area contributed by atoms with Gasteiger partial charge in [0, 0.05) is 0 Å². The molecule has 2 aromatic rings. The van der Waals surface area contributed by atoms with E-state index >= 15 is 0 Å². The number of rotatable bonds is 7. The van der Waals surface area contributed by atoms with Crippen molar-refractivity contribution in [2.75, 3.05) is 6.61 Å². The maximum Gasteiger partial charge on any atom is 0.514 e. The maximum atomic E-state index is 11.6. The van der Waals surface area contributed by atoms with Crippen LogP contribution in [0.25, 0.3) is 0 Å². The first-order valence-electron chi connectivity index (χ1n) is 6.80. The highest BCUT2D eigenvalue weighted by molar-refractivity contribution is 7.26. The minimum absolute atomic E-state index is 0.0461. The number of carbonyl (C=O) groups is 1. The largest absolute Gasteiger partial charge is 0.514 e. The van der Waals surface area contributed by atoms with Gasteiger partial charge in [0.2, 0.25) is 9.03 Å². The number of hydrogen-bond donors (Lipinski definition) is 0. The van der Waals surface area contributed by atoms with E-state index in [1.165, 1.54) is 0 Å². The van der Waals surface area contributed by atoms with Gasteiger partial charge in [0.05, 0.1) is 6.61 Å². The van der Waals surface area contributed by atoms with E-state index in [9.17, 15) is 4.79 Å². The van der Waals surface area contributed by atoms with Crippen LogP contribution in [0.5, 0.6) is 11.5 Å². The van der Waals surface area contributed by atoms with Crippen molar-refractivity contribution in [3.8, 4) is 11.5 Å². The van der Waals surface area contributed by atoms with Gasteiger partial charge in [0.25, 0.3) is 0 Å². The van der Waals surface area contributed by atoms with Gasteiger partial charge in [-0.1, -0.05) is 30.3 Å². The molecular formula is C16H17O5P. The Hall–Kier alpha value is -2.10. The third-order valence-electron chi connectivity index (χ3n) is 2.59. The van der Waals surface area contributed by atoms with Gasteiger partial charge in [-0.25, -0.2) is 4.79 Å². The summed E-state index contributed by atoms with van der Waals surface area (Å²) < 4.78 is 20.6. The molecule has 0 aliphatic carbocycles. The lowest BCUT2D eigenvalue weighted by Gasteiger charge is -2.07. The second-order valence-corrected chi connectivity index (χ2v) is 4.88. The third-order valence-corrected chi connectivity index (χ3v) is 3.31. The van der Waals surface area contributed by atoms with Crippen LogP contribution in [0.2, 0.25) is 0 Å². The van der Waals surface area contributed by atoms with E-state index in [1.54, 1.807) is 24.3 Å². The standard InChI is InChI=1S/C16H17O5P/c1-2-19-22-21-15-10-8-14(9-11-15)20-16(17)18-12-13-6-4-3-5-7-13/h3-11,22H,2,12H2,1H3. The van der Waals surface area contributed by atoms with Gasteiger partial charge in [0.15, 0.2) is 0 Å². The summed E-state index contributed by atoms with van der Waals surface area (Å²) in [5, 5.41) is 0. The van der Waals surface area contributed by atoms with Crippen molar-refractivity contribution in [2.45, 2.75) is 13.5 Å². The van der Waals surface area contributed by atoms with Crippen molar-refractivity contribution < 1.29 is 23.3 Å². The Labute approximate surface area is 131 Å². The zero-order valence-electron chi connectivity index (χ0n) is 12.2. The molecule has 0 saturated heterocycles. The summed E-state index contributed by atoms with van der Waals surface area (Å²) in [5.41, 5.74) is 0.903. The lowest BCUT2D eigenvalue weighted by molar-refractivity contribution is 0.0927. The average molecular weight is 320 g/mol. The summed E-state index contributed by atoms with van der Waals surface area (Å²) in [4.78, 5) is 11.6. The van der Waals surface area contributed by atoms with Crippen LogP contribution in [0.15, 0.2) is 54.6 Å². The predicted octanol–water partition coefficient (Wildman–Crippen LogP) is 4.33. The Bertz CT molecular complexity index is 571. The molecule has 2 aromatic carbocycles. The molecule has 116 valence electrons. The monoisotopic (exact) mass is 320 g/mol. The van der Waals surface area contributed by atoms with Crippen LogP contribution in [-0.2, 0) is 15.9 Å². The maximum absolute atomic E-state index is 11.6. The van der Waals surface area contributed by atoms with E-state index < -0.39 is 6.16 Å². The van der Waals surface area contributed by atoms with Gasteiger partial charge >= 0.3 is 6.16 Å². The van der Waals surface area contributed by atoms with E-state index in [0.717, 1.165) is 5.56 Å². The van der Waals surface area contributed by atoms with E-state index in [1.807, 2.05) is 37.3 Å². The highest BCUT2D eigenvalue weighted by Gasteiger charge is 2.06. The zero-order chi connectivity index (χ0) is 15.6. The van der Waals surface area contributed by atoms with Crippen LogP contribution in [0, 0.1) is 0 Å². The van der Waals surface area contributed by atoms with Crippen LogP contribution in [0.3, 0.4) is 0 Å². The molecule has 1 unspecified atom stereocenters. The molecule has 0 radical (unpaired) electrons. The molecule has 0 N–H and O–H groups in total. The SMILES string of the molecule is CCOPOc1ccc(OC(=O)OCc2ccccc2)cc1. The molecular weight excluding hydrogens is 303 g/mol. The van der Waals surface area contributed by atoms with Gasteiger partial charge in [-0.15, -0.1) is 0 Å². The first-order chi connectivity index (χ1) is 10.8. The van der Waals surface area contributed by atoms with E-state index in [-0.39, 0.29) is 15.6 Å². The molecule has 0 bridgehead atoms. The van der Waals surface area contributed by atoms with Crippen LogP contribution in [0.4, 0.5) is 4.79 Å². The molecule has 0 fully saturated rings. The molecule has 0 spiro atoms. The lowest BCUT2D eigenvalue weighted by Crippen LogP contribution is -2.10. The van der Waals surface area contributed by atoms with Crippen molar-refractivity contribution in [3.05, 3.63) is 60.2 Å². The summed E-state index contributed by atoms with van der Waals surface area (Å²) in [7, 11) is -0.0461. The van der Waals surface area contributed by atoms with Crippen molar-refractivity contribution in [1.82, 2.24) is 0 Å². The summed E-state index contributed by atoms with van der Waals surface area (Å²) in [6.45, 7) is 2.68. The molecule has 0 saturated carbocycles. The number of hydrogen-bond acceptors (Lipinski definition) is 5. The normalized spacial score (nSPS) is 10.6. The molecule has 22 heavy (non-hydrogen) atoms. The van der Waals surface area contributed by atoms with Crippen molar-refractivity contribution >= 4 is 15.2 Å². The summed E-state index contributed by atoms with van der Waals surface area (Å²) in [5.74, 6) is 1.04. The third kappa shape index (κ3) is 5.72. The minimum Gasteiger partial charge on any atom is -0.450 e.